The number of fused-ring (bicyclic) bond motifs is 1. The highest BCUT2D eigenvalue weighted by Gasteiger charge is 2.21. The molecule has 0 unspecified atom stereocenters. The van der Waals surface area contributed by atoms with Crippen molar-refractivity contribution in [3.05, 3.63) is 82.9 Å². The molecule has 158 valence electrons. The molecule has 0 aliphatic rings. The quantitative estimate of drug-likeness (QED) is 0.450. The number of carbonyl (C=O) groups excluding carboxylic acids is 1. The summed E-state index contributed by atoms with van der Waals surface area (Å²) in [7, 11) is 3.34. The summed E-state index contributed by atoms with van der Waals surface area (Å²) < 4.78 is 2.55. The number of carbonyl (C=O) groups is 1. The predicted octanol–water partition coefficient (Wildman–Crippen LogP) is 3.72. The van der Waals surface area contributed by atoms with Gasteiger partial charge >= 0.3 is 11.7 Å². The molecule has 0 fully saturated rings. The first-order chi connectivity index (χ1) is 15.1. The third-order valence-electron chi connectivity index (χ3n) is 5.39. The molecular formula is C24H25N5O2. The molecule has 0 aliphatic carbocycles. The van der Waals surface area contributed by atoms with Gasteiger partial charge in [-0.05, 0) is 24.8 Å². The summed E-state index contributed by atoms with van der Waals surface area (Å²) in [6.07, 6.45) is 4.33. The van der Waals surface area contributed by atoms with Gasteiger partial charge < -0.3 is 4.90 Å². The number of aryl methyl sites for hydroxylation is 2. The molecule has 0 spiro atoms. The minimum Gasteiger partial charge on any atom is -0.327 e. The Kier molecular flexibility index (Phi) is 5.93. The molecule has 4 aromatic rings. The number of rotatable bonds is 6. The van der Waals surface area contributed by atoms with Gasteiger partial charge in [0.05, 0.1) is 6.20 Å². The van der Waals surface area contributed by atoms with E-state index in [-0.39, 0.29) is 6.03 Å². The highest BCUT2D eigenvalue weighted by atomic mass is 16.2. The summed E-state index contributed by atoms with van der Waals surface area (Å²) in [4.78, 5) is 36.3. The molecule has 31 heavy (non-hydrogen) atoms. The van der Waals surface area contributed by atoms with Crippen molar-refractivity contribution in [2.24, 2.45) is 7.05 Å². The van der Waals surface area contributed by atoms with E-state index in [9.17, 15) is 9.59 Å². The fraction of sp³-hybridized carbons (Fsp3) is 0.250. The first-order valence-corrected chi connectivity index (χ1v) is 10.4. The van der Waals surface area contributed by atoms with Crippen molar-refractivity contribution >= 4 is 17.2 Å². The van der Waals surface area contributed by atoms with Crippen molar-refractivity contribution in [1.29, 1.82) is 0 Å². The lowest BCUT2D eigenvalue weighted by Gasteiger charge is -2.17. The summed E-state index contributed by atoms with van der Waals surface area (Å²) in [6, 6.07) is 19.5. The van der Waals surface area contributed by atoms with E-state index < -0.39 is 5.69 Å². The van der Waals surface area contributed by atoms with Crippen LogP contribution in [0.25, 0.3) is 22.6 Å². The lowest BCUT2D eigenvalue weighted by atomic mass is 10.1. The Morgan fingerprint density at radius 3 is 2.39 bits per heavy atom. The zero-order chi connectivity index (χ0) is 21.8. The molecule has 0 atom stereocenters. The van der Waals surface area contributed by atoms with Crippen LogP contribution < -0.4 is 5.69 Å². The van der Waals surface area contributed by atoms with Gasteiger partial charge in [0.15, 0.2) is 11.5 Å². The average Bonchev–Trinajstić information content (AvgIpc) is 3.07. The Bertz CT molecular complexity index is 1250. The van der Waals surface area contributed by atoms with Crippen molar-refractivity contribution < 1.29 is 4.79 Å². The van der Waals surface area contributed by atoms with Gasteiger partial charge in [-0.2, -0.15) is 0 Å². The van der Waals surface area contributed by atoms with Crippen LogP contribution in [-0.2, 0) is 13.5 Å². The van der Waals surface area contributed by atoms with E-state index in [1.807, 2.05) is 48.5 Å². The normalized spacial score (nSPS) is 11.0. The molecule has 0 N–H and O–H groups in total. The Morgan fingerprint density at radius 2 is 1.68 bits per heavy atom. The van der Waals surface area contributed by atoms with E-state index in [2.05, 4.69) is 22.1 Å². The van der Waals surface area contributed by atoms with Crippen LogP contribution in [0.1, 0.15) is 18.4 Å². The molecule has 4 rings (SSSR count). The van der Waals surface area contributed by atoms with Gasteiger partial charge in [0.25, 0.3) is 0 Å². The maximum absolute atomic E-state index is 13.0. The van der Waals surface area contributed by atoms with Gasteiger partial charge in [0, 0.05) is 26.2 Å². The van der Waals surface area contributed by atoms with Crippen LogP contribution in [-0.4, -0.2) is 43.6 Å². The fourth-order valence-corrected chi connectivity index (χ4v) is 3.61. The topological polar surface area (TPSA) is 73.0 Å². The second kappa shape index (κ2) is 8.95. The first kappa shape index (κ1) is 20.5. The van der Waals surface area contributed by atoms with E-state index >= 15 is 0 Å². The number of aromatic nitrogens is 4. The van der Waals surface area contributed by atoms with Crippen LogP contribution in [0.15, 0.2) is 71.7 Å². The molecule has 2 aromatic carbocycles. The maximum atomic E-state index is 13.0. The maximum Gasteiger partial charge on any atom is 0.338 e. The molecule has 2 heterocycles. The third kappa shape index (κ3) is 4.26. The van der Waals surface area contributed by atoms with Crippen molar-refractivity contribution in [1.82, 2.24) is 24.0 Å². The van der Waals surface area contributed by atoms with Gasteiger partial charge in [-0.3, -0.25) is 4.57 Å². The molecule has 0 saturated heterocycles. The van der Waals surface area contributed by atoms with Gasteiger partial charge in [-0.15, -0.1) is 0 Å². The van der Waals surface area contributed by atoms with Gasteiger partial charge in [-0.1, -0.05) is 60.7 Å². The van der Waals surface area contributed by atoms with Gasteiger partial charge in [0.1, 0.15) is 5.52 Å². The second-order valence-corrected chi connectivity index (χ2v) is 7.59. The lowest BCUT2D eigenvalue weighted by molar-refractivity contribution is 0.209. The van der Waals surface area contributed by atoms with Gasteiger partial charge in [-0.25, -0.2) is 24.1 Å². The third-order valence-corrected chi connectivity index (χ3v) is 5.39. The molecule has 0 bridgehead atoms. The molecule has 7 heteroatoms. The predicted molar refractivity (Wildman–Crippen MR) is 121 cm³/mol. The van der Waals surface area contributed by atoms with E-state index in [4.69, 9.17) is 0 Å². The summed E-state index contributed by atoms with van der Waals surface area (Å²) in [5.41, 5.74) is 2.56. The number of hydrogen-bond donors (Lipinski definition) is 0. The largest absolute Gasteiger partial charge is 0.338 e. The summed E-state index contributed by atoms with van der Waals surface area (Å²) in [5.74, 6) is 0.516. The highest BCUT2D eigenvalue weighted by molar-refractivity contribution is 5.88. The van der Waals surface area contributed by atoms with E-state index in [0.717, 1.165) is 29.4 Å². The standard InChI is InChI=1S/C24H25N5O2/c1-27(16-10-9-13-18-11-5-3-6-12-18)23(30)29-20-17-25-21(19-14-7-4-8-15-19)26-22(20)28(2)24(29)31/h3-8,11-12,14-15,17H,9-10,13,16H2,1-2H3. The van der Waals surface area contributed by atoms with Crippen molar-refractivity contribution in [2.45, 2.75) is 19.3 Å². The number of hydrogen-bond acceptors (Lipinski definition) is 4. The van der Waals surface area contributed by atoms with E-state index in [1.54, 1.807) is 25.2 Å². The molecular weight excluding hydrogens is 390 g/mol. The highest BCUT2D eigenvalue weighted by Crippen LogP contribution is 2.18. The van der Waals surface area contributed by atoms with Crippen molar-refractivity contribution in [3.63, 3.8) is 0 Å². The number of amides is 1. The monoisotopic (exact) mass is 415 g/mol. The second-order valence-electron chi connectivity index (χ2n) is 7.59. The Morgan fingerprint density at radius 1 is 1.00 bits per heavy atom. The van der Waals surface area contributed by atoms with Crippen LogP contribution in [0.5, 0.6) is 0 Å². The van der Waals surface area contributed by atoms with Crippen molar-refractivity contribution in [2.75, 3.05) is 13.6 Å². The SMILES string of the molecule is CN(CCCCc1ccccc1)C(=O)n1c(=O)n(C)c2nc(-c3ccccc3)ncc21. The molecule has 0 radical (unpaired) electrons. The van der Waals surface area contributed by atoms with Crippen LogP contribution in [0, 0.1) is 0 Å². The van der Waals surface area contributed by atoms with Crippen LogP contribution in [0.3, 0.4) is 0 Å². The smallest absolute Gasteiger partial charge is 0.327 e. The number of imidazole rings is 1. The summed E-state index contributed by atoms with van der Waals surface area (Å²) in [6.45, 7) is 0.567. The molecule has 0 saturated carbocycles. The van der Waals surface area contributed by atoms with Crippen LogP contribution >= 0.6 is 0 Å². The number of unbranched alkanes of at least 4 members (excludes halogenated alkanes) is 1. The minimum atomic E-state index is -0.421. The van der Waals surface area contributed by atoms with Gasteiger partial charge in [0.2, 0.25) is 0 Å². The fourth-order valence-electron chi connectivity index (χ4n) is 3.61. The Hall–Kier alpha value is -3.74. The van der Waals surface area contributed by atoms with Crippen molar-refractivity contribution in [3.8, 4) is 11.4 Å². The Balaban J connectivity index is 1.51. The average molecular weight is 415 g/mol. The minimum absolute atomic E-state index is 0.369. The molecule has 0 aliphatic heterocycles. The zero-order valence-electron chi connectivity index (χ0n) is 17.7. The molecule has 7 nitrogen and oxygen atoms in total. The molecule has 2 aromatic heterocycles. The lowest BCUT2D eigenvalue weighted by Crippen LogP contribution is -2.38. The number of nitrogens with zero attached hydrogens (tertiary/aromatic N) is 5. The molecule has 1 amide bonds. The summed E-state index contributed by atoms with van der Waals surface area (Å²) >= 11 is 0. The Labute approximate surface area is 180 Å². The van der Waals surface area contributed by atoms with E-state index in [0.29, 0.717) is 23.5 Å². The van der Waals surface area contributed by atoms with Crippen LogP contribution in [0.4, 0.5) is 4.79 Å². The number of benzene rings is 2. The van der Waals surface area contributed by atoms with E-state index in [1.165, 1.54) is 10.1 Å². The first-order valence-electron chi connectivity index (χ1n) is 10.4. The van der Waals surface area contributed by atoms with Crippen LogP contribution in [0.2, 0.25) is 0 Å². The zero-order valence-corrected chi connectivity index (χ0v) is 17.7. The summed E-state index contributed by atoms with van der Waals surface area (Å²) in [5, 5.41) is 0.